The van der Waals surface area contributed by atoms with E-state index in [9.17, 15) is 63.0 Å². The predicted molar refractivity (Wildman–Crippen MR) is 241 cm³/mol. The summed E-state index contributed by atoms with van der Waals surface area (Å²) in [5, 5.41) is 38.4. The second-order valence-electron chi connectivity index (χ2n) is 17.5. The molecule has 0 radical (unpaired) electrons. The van der Waals surface area contributed by atoms with Crippen molar-refractivity contribution in [3.63, 3.8) is 0 Å². The molecule has 0 aromatic heterocycles. The van der Waals surface area contributed by atoms with Gasteiger partial charge in [0.05, 0.1) is 25.4 Å². The first kappa shape index (κ1) is 60.1. The van der Waals surface area contributed by atoms with E-state index in [1.807, 2.05) is 13.8 Å². The number of hydrogen-bond donors (Lipinski definition) is 12. The van der Waals surface area contributed by atoms with E-state index in [0.717, 1.165) is 0 Å². The zero-order chi connectivity index (χ0) is 51.2. The summed E-state index contributed by atoms with van der Waals surface area (Å²) in [6.07, 6.45) is 0.166. The number of rotatable bonds is 31. The zero-order valence-corrected chi connectivity index (χ0v) is 40.2. The van der Waals surface area contributed by atoms with Crippen molar-refractivity contribution in [2.75, 3.05) is 6.54 Å². The van der Waals surface area contributed by atoms with Crippen LogP contribution in [0.5, 0.6) is 0 Å². The number of aliphatic carboxylic acids is 2. The molecule has 0 bridgehead atoms. The number of hydrogen-bond acceptors (Lipinski definition) is 12. The van der Waals surface area contributed by atoms with E-state index in [2.05, 4.69) is 42.5 Å². The van der Waals surface area contributed by atoms with Gasteiger partial charge < -0.3 is 64.2 Å². The number of nitrogens with one attached hydrogen (secondary N) is 8. The standard InChI is InChI=1S/C43H76N10O13/c1-12-21(7)32(45)39(61)52-35(24(10)15-4)42(64)53-34(23(9)14-3)41(63)49-26(17-29(44)54)37(59)46-19-30(55)48-27(18-31(56)57)38(60)51-33(22(8)13-2)40(62)47-25(11)36(58)50-28(43(65)66)16-20(5)6/h20-28,32-35H,12-19,45H2,1-11H3,(H2,44,54)(H,46,59)(H,47,62)(H,48,55)(H,49,63)(H,50,58)(H,51,60)(H,52,61)(H,53,64)(H,56,57)(H,65,66)/t21-,22-,23-,24-,25-,26-,27-,28-,32-,33-,34-,35-/m0/s1. The first-order valence-corrected chi connectivity index (χ1v) is 22.5. The molecule has 0 saturated carbocycles. The molecule has 14 N–H and O–H groups in total. The fraction of sp³-hybridized carbons (Fsp3) is 0.744. The maximum atomic E-state index is 13.7. The first-order chi connectivity index (χ1) is 30.6. The average molecular weight is 941 g/mol. The SMILES string of the molecule is CC[C@H](C)[C@H](N)C(=O)N[C@H](C(=O)N[C@H](C(=O)N[C@@H](CC(N)=O)C(=O)NCC(=O)N[C@@H](CC(=O)O)C(=O)N[C@H](C(=O)N[C@@H](C)C(=O)N[C@@H](CC(C)C)C(=O)O)[C@@H](C)CC)[C@@H](C)CC)[C@@H](C)CC. The van der Waals surface area contributed by atoms with E-state index in [-0.39, 0.29) is 24.2 Å². The van der Waals surface area contributed by atoms with Crippen molar-refractivity contribution < 1.29 is 63.0 Å². The number of carboxylic acid groups (broad SMARTS) is 2. The van der Waals surface area contributed by atoms with Crippen molar-refractivity contribution in [2.24, 2.45) is 41.1 Å². The van der Waals surface area contributed by atoms with Gasteiger partial charge in [-0.2, -0.15) is 0 Å². The fourth-order valence-corrected chi connectivity index (χ4v) is 6.31. The van der Waals surface area contributed by atoms with Crippen LogP contribution in [0.2, 0.25) is 0 Å². The van der Waals surface area contributed by atoms with Crippen LogP contribution < -0.4 is 54.0 Å². The Morgan fingerprint density at radius 2 is 0.879 bits per heavy atom. The van der Waals surface area contributed by atoms with Crippen LogP contribution in [0.15, 0.2) is 0 Å². The summed E-state index contributed by atoms with van der Waals surface area (Å²) in [6, 6.07) is -10.6. The number of carbonyl (C=O) groups excluding carboxylic acids is 9. The molecule has 0 heterocycles. The summed E-state index contributed by atoms with van der Waals surface area (Å²) in [5.41, 5.74) is 11.5. The first-order valence-electron chi connectivity index (χ1n) is 22.5. The molecule has 0 aromatic rings. The third-order valence-corrected chi connectivity index (χ3v) is 11.5. The Labute approximate surface area is 387 Å². The van der Waals surface area contributed by atoms with Crippen molar-refractivity contribution in [3.8, 4) is 0 Å². The van der Waals surface area contributed by atoms with Crippen LogP contribution in [-0.2, 0) is 52.7 Å². The summed E-state index contributed by atoms with van der Waals surface area (Å²) < 4.78 is 0. The Morgan fingerprint density at radius 1 is 0.470 bits per heavy atom. The monoisotopic (exact) mass is 941 g/mol. The molecule has 0 aliphatic heterocycles. The molecule has 0 aliphatic carbocycles. The van der Waals surface area contributed by atoms with Crippen molar-refractivity contribution in [1.82, 2.24) is 42.5 Å². The van der Waals surface area contributed by atoms with Gasteiger partial charge in [-0.1, -0.05) is 94.9 Å². The van der Waals surface area contributed by atoms with Gasteiger partial charge in [-0.3, -0.25) is 47.9 Å². The summed E-state index contributed by atoms with van der Waals surface area (Å²) >= 11 is 0. The van der Waals surface area contributed by atoms with Crippen molar-refractivity contribution in [2.45, 2.75) is 169 Å². The zero-order valence-electron chi connectivity index (χ0n) is 40.2. The minimum absolute atomic E-state index is 0.0738. The smallest absolute Gasteiger partial charge is 0.326 e. The summed E-state index contributed by atoms with van der Waals surface area (Å²) in [5.74, 6) is -12.7. The van der Waals surface area contributed by atoms with Gasteiger partial charge >= 0.3 is 11.9 Å². The lowest BCUT2D eigenvalue weighted by molar-refractivity contribution is -0.142. The Kier molecular flexibility index (Phi) is 27.0. The average Bonchev–Trinajstić information content (AvgIpc) is 3.24. The molecule has 23 nitrogen and oxygen atoms in total. The highest BCUT2D eigenvalue weighted by atomic mass is 16.4. The van der Waals surface area contributed by atoms with E-state index in [4.69, 9.17) is 11.5 Å². The second kappa shape index (κ2) is 29.6. The van der Waals surface area contributed by atoms with Gasteiger partial charge in [0, 0.05) is 0 Å². The summed E-state index contributed by atoms with van der Waals surface area (Å²) in [4.78, 5) is 142. The van der Waals surface area contributed by atoms with Crippen LogP contribution in [0, 0.1) is 29.6 Å². The van der Waals surface area contributed by atoms with Crippen LogP contribution in [0.4, 0.5) is 0 Å². The Hall–Kier alpha value is -5.87. The lowest BCUT2D eigenvalue weighted by Gasteiger charge is -2.30. The Morgan fingerprint density at radius 3 is 1.30 bits per heavy atom. The van der Waals surface area contributed by atoms with Crippen LogP contribution in [0.25, 0.3) is 0 Å². The molecular formula is C43H76N10O13. The molecule has 0 spiro atoms. The minimum Gasteiger partial charge on any atom is -0.481 e. The second-order valence-corrected chi connectivity index (χ2v) is 17.5. The molecular weight excluding hydrogens is 865 g/mol. The van der Waals surface area contributed by atoms with Gasteiger partial charge in [0.1, 0.15) is 42.3 Å². The molecule has 0 aliphatic rings. The van der Waals surface area contributed by atoms with Gasteiger partial charge in [0.15, 0.2) is 0 Å². The lowest BCUT2D eigenvalue weighted by atomic mass is 9.93. The quantitative estimate of drug-likeness (QED) is 0.0377. The summed E-state index contributed by atoms with van der Waals surface area (Å²) in [7, 11) is 0. The van der Waals surface area contributed by atoms with Crippen LogP contribution in [-0.4, -0.2) is 130 Å². The highest BCUT2D eigenvalue weighted by Gasteiger charge is 2.37. The lowest BCUT2D eigenvalue weighted by Crippen LogP contribution is -2.61. The van der Waals surface area contributed by atoms with Crippen molar-refractivity contribution >= 4 is 65.1 Å². The minimum atomic E-state index is -1.80. The van der Waals surface area contributed by atoms with E-state index >= 15 is 0 Å². The van der Waals surface area contributed by atoms with Crippen LogP contribution >= 0.6 is 0 Å². The molecule has 0 saturated heterocycles. The molecule has 12 atom stereocenters. The van der Waals surface area contributed by atoms with E-state index in [1.54, 1.807) is 55.4 Å². The molecule has 0 fully saturated rings. The maximum absolute atomic E-state index is 13.7. The third kappa shape index (κ3) is 21.0. The Balaban J connectivity index is 6.12. The number of primary amides is 1. The molecule has 0 rings (SSSR count). The fourth-order valence-electron chi connectivity index (χ4n) is 6.31. The normalized spacial score (nSPS) is 16.6. The molecule has 23 heteroatoms. The van der Waals surface area contributed by atoms with Crippen LogP contribution in [0.3, 0.4) is 0 Å². The third-order valence-electron chi connectivity index (χ3n) is 11.5. The molecule has 9 amide bonds. The van der Waals surface area contributed by atoms with Gasteiger partial charge in [-0.05, 0) is 42.9 Å². The Bertz CT molecular complexity index is 1710. The highest BCUT2D eigenvalue weighted by molar-refractivity contribution is 5.99. The number of carbonyl (C=O) groups is 11. The highest BCUT2D eigenvalue weighted by Crippen LogP contribution is 2.15. The summed E-state index contributed by atoms with van der Waals surface area (Å²) in [6.45, 7) is 17.8. The molecule has 0 unspecified atom stereocenters. The van der Waals surface area contributed by atoms with Crippen LogP contribution in [0.1, 0.15) is 121 Å². The molecule has 66 heavy (non-hydrogen) atoms. The largest absolute Gasteiger partial charge is 0.481 e. The van der Waals surface area contributed by atoms with Crippen molar-refractivity contribution in [3.05, 3.63) is 0 Å². The van der Waals surface area contributed by atoms with E-state index in [1.165, 1.54) is 6.92 Å². The van der Waals surface area contributed by atoms with Gasteiger partial charge in [-0.25, -0.2) is 4.79 Å². The van der Waals surface area contributed by atoms with Gasteiger partial charge in [-0.15, -0.1) is 0 Å². The topological polar surface area (TPSA) is 377 Å². The van der Waals surface area contributed by atoms with Gasteiger partial charge in [0.25, 0.3) is 0 Å². The van der Waals surface area contributed by atoms with Crippen molar-refractivity contribution in [1.29, 1.82) is 0 Å². The molecule has 376 valence electrons. The van der Waals surface area contributed by atoms with E-state index in [0.29, 0.717) is 25.7 Å². The van der Waals surface area contributed by atoms with E-state index < -0.39 is 145 Å². The number of nitrogens with two attached hydrogens (primary N) is 2. The predicted octanol–water partition coefficient (Wildman–Crippen LogP) is -1.49. The maximum Gasteiger partial charge on any atom is 0.326 e. The number of carboxylic acids is 2. The number of amides is 9. The molecule has 0 aromatic carbocycles. The van der Waals surface area contributed by atoms with Gasteiger partial charge in [0.2, 0.25) is 53.2 Å².